The molecule has 0 aliphatic carbocycles. The summed E-state index contributed by atoms with van der Waals surface area (Å²) in [6.45, 7) is 0.0376. The third kappa shape index (κ3) is 3.22. The van der Waals surface area contributed by atoms with Crippen molar-refractivity contribution < 1.29 is 33.0 Å². The number of furan rings is 2. The van der Waals surface area contributed by atoms with Crippen LogP contribution in [0.3, 0.4) is 0 Å². The predicted molar refractivity (Wildman–Crippen MR) is 104 cm³/mol. The lowest BCUT2D eigenvalue weighted by atomic mass is 9.94. The first-order chi connectivity index (χ1) is 14.5. The summed E-state index contributed by atoms with van der Waals surface area (Å²) in [5, 5.41) is 10.7. The number of carbonyl (C=O) groups excluding carboxylic acids is 2. The molecule has 8 heteroatoms. The van der Waals surface area contributed by atoms with E-state index in [9.17, 15) is 14.7 Å². The molecule has 30 heavy (non-hydrogen) atoms. The van der Waals surface area contributed by atoms with E-state index in [1.807, 2.05) is 0 Å². The molecule has 2 aromatic heterocycles. The van der Waals surface area contributed by atoms with Crippen molar-refractivity contribution in [3.8, 4) is 11.5 Å². The molecular formula is C22H19NO7. The van der Waals surface area contributed by atoms with E-state index < -0.39 is 23.5 Å². The summed E-state index contributed by atoms with van der Waals surface area (Å²) < 4.78 is 21.4. The minimum absolute atomic E-state index is 0.0102. The summed E-state index contributed by atoms with van der Waals surface area (Å²) in [6.07, 6.45) is 2.84. The van der Waals surface area contributed by atoms with Gasteiger partial charge >= 0.3 is 0 Å². The summed E-state index contributed by atoms with van der Waals surface area (Å²) in [4.78, 5) is 27.5. The number of hydrogen-bond donors (Lipinski definition) is 1. The number of rotatable bonds is 7. The van der Waals surface area contributed by atoms with Gasteiger partial charge in [0.15, 0.2) is 11.5 Å². The second kappa shape index (κ2) is 7.82. The van der Waals surface area contributed by atoms with Crippen LogP contribution in [0.4, 0.5) is 0 Å². The molecule has 8 nitrogen and oxygen atoms in total. The van der Waals surface area contributed by atoms with Crippen molar-refractivity contribution in [3.05, 3.63) is 83.4 Å². The Morgan fingerprint density at radius 3 is 2.50 bits per heavy atom. The molecule has 3 heterocycles. The zero-order valence-electron chi connectivity index (χ0n) is 16.3. The quantitative estimate of drug-likeness (QED) is 0.594. The van der Waals surface area contributed by atoms with Crippen LogP contribution in [0, 0.1) is 0 Å². The summed E-state index contributed by atoms with van der Waals surface area (Å²) in [5.41, 5.74) is 0.378. The maximum atomic E-state index is 13.2. The van der Waals surface area contributed by atoms with Gasteiger partial charge in [-0.25, -0.2) is 0 Å². The van der Waals surface area contributed by atoms with Gasteiger partial charge in [0, 0.05) is 5.56 Å². The number of nitrogens with zero attached hydrogens (tertiary/aromatic N) is 1. The third-order valence-corrected chi connectivity index (χ3v) is 4.93. The minimum Gasteiger partial charge on any atom is -0.503 e. The van der Waals surface area contributed by atoms with E-state index in [0.717, 1.165) is 0 Å². The SMILES string of the molecule is COc1ccc(OC)c(C2C(C(=O)c3ccco3)=C(O)C(=O)N2Cc2ccco2)c1. The van der Waals surface area contributed by atoms with Crippen LogP contribution < -0.4 is 9.47 Å². The highest BCUT2D eigenvalue weighted by Crippen LogP contribution is 2.44. The van der Waals surface area contributed by atoms with Crippen LogP contribution >= 0.6 is 0 Å². The van der Waals surface area contributed by atoms with Crippen LogP contribution in [0.25, 0.3) is 0 Å². The van der Waals surface area contributed by atoms with Gasteiger partial charge in [0.25, 0.3) is 5.91 Å². The number of carbonyl (C=O) groups is 2. The Morgan fingerprint density at radius 2 is 1.87 bits per heavy atom. The molecule has 154 valence electrons. The maximum absolute atomic E-state index is 13.2. The van der Waals surface area contributed by atoms with Gasteiger partial charge in [-0.3, -0.25) is 9.59 Å². The largest absolute Gasteiger partial charge is 0.503 e. The van der Waals surface area contributed by atoms with Crippen LogP contribution in [0.5, 0.6) is 11.5 Å². The van der Waals surface area contributed by atoms with Crippen molar-refractivity contribution in [1.29, 1.82) is 0 Å². The van der Waals surface area contributed by atoms with E-state index in [1.165, 1.54) is 37.7 Å². The summed E-state index contributed by atoms with van der Waals surface area (Å²) in [7, 11) is 2.99. The molecule has 1 N–H and O–H groups in total. The molecule has 0 radical (unpaired) electrons. The number of methoxy groups -OCH3 is 2. The molecule has 0 saturated heterocycles. The molecule has 4 rings (SSSR count). The van der Waals surface area contributed by atoms with Crippen LogP contribution in [-0.2, 0) is 11.3 Å². The Hall–Kier alpha value is -3.94. The molecule has 0 spiro atoms. The lowest BCUT2D eigenvalue weighted by Gasteiger charge is -2.27. The van der Waals surface area contributed by atoms with Gasteiger partial charge in [0.1, 0.15) is 17.3 Å². The number of benzene rings is 1. The van der Waals surface area contributed by atoms with Gasteiger partial charge in [0.2, 0.25) is 5.78 Å². The van der Waals surface area contributed by atoms with Gasteiger partial charge in [-0.2, -0.15) is 0 Å². The van der Waals surface area contributed by atoms with Crippen molar-refractivity contribution in [2.45, 2.75) is 12.6 Å². The van der Waals surface area contributed by atoms with E-state index >= 15 is 0 Å². The normalized spacial score (nSPS) is 16.3. The van der Waals surface area contributed by atoms with Crippen LogP contribution in [0.15, 0.2) is 75.2 Å². The number of amides is 1. The van der Waals surface area contributed by atoms with Crippen molar-refractivity contribution in [3.63, 3.8) is 0 Å². The highest BCUT2D eigenvalue weighted by Gasteiger charge is 2.46. The third-order valence-electron chi connectivity index (χ3n) is 4.93. The second-order valence-corrected chi connectivity index (χ2v) is 6.59. The maximum Gasteiger partial charge on any atom is 0.290 e. The predicted octanol–water partition coefficient (Wildman–Crippen LogP) is 3.67. The van der Waals surface area contributed by atoms with Gasteiger partial charge < -0.3 is 28.3 Å². The number of hydrogen-bond acceptors (Lipinski definition) is 7. The van der Waals surface area contributed by atoms with Crippen LogP contribution in [0.2, 0.25) is 0 Å². The van der Waals surface area contributed by atoms with Gasteiger partial charge in [-0.05, 0) is 42.5 Å². The van der Waals surface area contributed by atoms with Gasteiger partial charge in [0.05, 0.1) is 44.9 Å². The van der Waals surface area contributed by atoms with Crippen LogP contribution in [-0.4, -0.2) is 35.9 Å². The van der Waals surface area contributed by atoms with Crippen molar-refractivity contribution in [2.75, 3.05) is 14.2 Å². The lowest BCUT2D eigenvalue weighted by molar-refractivity contribution is -0.130. The first-order valence-electron chi connectivity index (χ1n) is 9.11. The van der Waals surface area contributed by atoms with Gasteiger partial charge in [-0.1, -0.05) is 0 Å². The number of Topliss-reactive ketones (excluding diaryl/α,β-unsaturated/α-hetero) is 1. The van der Waals surface area contributed by atoms with E-state index in [2.05, 4.69) is 0 Å². The summed E-state index contributed by atoms with van der Waals surface area (Å²) in [5.74, 6) is -0.493. The monoisotopic (exact) mass is 409 g/mol. The molecular weight excluding hydrogens is 390 g/mol. The lowest BCUT2D eigenvalue weighted by Crippen LogP contribution is -2.30. The molecule has 1 aliphatic rings. The summed E-state index contributed by atoms with van der Waals surface area (Å²) in [6, 6.07) is 10.5. The fourth-order valence-electron chi connectivity index (χ4n) is 3.54. The molecule has 3 aromatic rings. The Labute approximate surface area is 171 Å². The first kappa shape index (κ1) is 19.4. The van der Waals surface area contributed by atoms with E-state index in [0.29, 0.717) is 22.8 Å². The average Bonchev–Trinajstić information content (AvgIpc) is 3.52. The highest BCUT2D eigenvalue weighted by atomic mass is 16.5. The molecule has 1 unspecified atom stereocenters. The number of ketones is 1. The first-order valence-corrected chi connectivity index (χ1v) is 9.11. The second-order valence-electron chi connectivity index (χ2n) is 6.59. The smallest absolute Gasteiger partial charge is 0.290 e. The fourth-order valence-corrected chi connectivity index (χ4v) is 3.54. The fraction of sp³-hybridized carbons (Fsp3) is 0.182. The molecule has 0 fully saturated rings. The van der Waals surface area contributed by atoms with Gasteiger partial charge in [-0.15, -0.1) is 0 Å². The molecule has 1 atom stereocenters. The van der Waals surface area contributed by atoms with Crippen molar-refractivity contribution in [2.24, 2.45) is 0 Å². The number of aliphatic hydroxyl groups is 1. The Kier molecular flexibility index (Phi) is 5.05. The zero-order chi connectivity index (χ0) is 21.3. The Balaban J connectivity index is 1.88. The molecule has 1 amide bonds. The minimum atomic E-state index is -0.940. The van der Waals surface area contributed by atoms with Crippen molar-refractivity contribution in [1.82, 2.24) is 4.90 Å². The highest BCUT2D eigenvalue weighted by molar-refractivity contribution is 6.15. The molecule has 0 bridgehead atoms. The van der Waals surface area contributed by atoms with E-state index in [-0.39, 0.29) is 17.9 Å². The number of ether oxygens (including phenoxy) is 2. The van der Waals surface area contributed by atoms with Crippen molar-refractivity contribution >= 4 is 11.7 Å². The molecule has 0 saturated carbocycles. The Morgan fingerprint density at radius 1 is 1.10 bits per heavy atom. The standard InChI is InChI=1S/C22H19NO7/c1-27-13-7-8-16(28-2)15(11-13)19-18(20(24)17-6-4-10-30-17)21(25)22(26)23(19)12-14-5-3-9-29-14/h3-11,19,25H,12H2,1-2H3. The topological polar surface area (TPSA) is 102 Å². The zero-order valence-corrected chi connectivity index (χ0v) is 16.3. The van der Waals surface area contributed by atoms with E-state index in [1.54, 1.807) is 36.4 Å². The molecule has 1 aromatic carbocycles. The van der Waals surface area contributed by atoms with E-state index in [4.69, 9.17) is 18.3 Å². The number of aliphatic hydroxyl groups excluding tert-OH is 1. The molecule has 1 aliphatic heterocycles. The Bertz CT molecular complexity index is 1100. The van der Waals surface area contributed by atoms with Crippen LogP contribution in [0.1, 0.15) is 27.9 Å². The summed E-state index contributed by atoms with van der Waals surface area (Å²) >= 11 is 0. The average molecular weight is 409 g/mol.